The molecule has 4 aliphatic rings. The van der Waals surface area contributed by atoms with E-state index < -0.39 is 26.9 Å². The Morgan fingerprint density at radius 1 is 0.639 bits per heavy atom. The second kappa shape index (κ2) is 19.0. The van der Waals surface area contributed by atoms with Gasteiger partial charge >= 0.3 is 8.56 Å². The maximum Gasteiger partial charge on any atom is 0.349 e. The van der Waals surface area contributed by atoms with Gasteiger partial charge in [0.15, 0.2) is 5.78 Å². The summed E-state index contributed by atoms with van der Waals surface area (Å²) >= 11 is 0. The number of hydrogen-bond acceptors (Lipinski definition) is 9. The molecule has 8 rings (SSSR count). The van der Waals surface area contributed by atoms with Crippen LogP contribution in [-0.2, 0) is 61.9 Å². The van der Waals surface area contributed by atoms with Crippen LogP contribution in [0.25, 0.3) is 10.8 Å². The normalized spacial score (nSPS) is 29.9. The first-order chi connectivity index (χ1) is 29.3. The lowest BCUT2D eigenvalue weighted by atomic mass is 9.91. The predicted octanol–water partition coefficient (Wildman–Crippen LogP) is 9.97. The Hall–Kier alpha value is -3.55. The third-order valence-electron chi connectivity index (χ3n) is 12.7. The SMILES string of the molecule is CC(C)(C)[Si]1(C(C)(C)C)OC[C@H]2O[C@H]3/C=C\CC(=O)[C@H](C[C@H]4O[C@@H](COCc5ccccc5)[C@H](OCc5ccccc5)C[C@@H]4OCc4ccc5ccccc5c4)O[C@@H]3C[C@@H]2O1. The van der Waals surface area contributed by atoms with Crippen LogP contribution in [0, 0.1) is 0 Å². The highest BCUT2D eigenvalue weighted by atomic mass is 28.4. The Balaban J connectivity index is 1.04. The minimum Gasteiger partial charge on any atom is -0.391 e. The van der Waals surface area contributed by atoms with Crippen molar-refractivity contribution < 1.29 is 42.1 Å². The maximum atomic E-state index is 14.1. The summed E-state index contributed by atoms with van der Waals surface area (Å²) in [5.41, 5.74) is 3.22. The van der Waals surface area contributed by atoms with Crippen LogP contribution >= 0.6 is 0 Å². The van der Waals surface area contributed by atoms with Gasteiger partial charge in [-0.05, 0) is 33.5 Å². The molecule has 9 atom stereocenters. The molecule has 4 aromatic carbocycles. The molecule has 0 N–H and O–H groups in total. The number of Topliss-reactive ketones (excluding diaryl/α,β-unsaturated/α-hetero) is 1. The van der Waals surface area contributed by atoms with Crippen molar-refractivity contribution in [3.05, 3.63) is 132 Å². The molecule has 4 heterocycles. The molecule has 61 heavy (non-hydrogen) atoms. The topological polar surface area (TPSA) is 90.9 Å². The predicted molar refractivity (Wildman–Crippen MR) is 238 cm³/mol. The van der Waals surface area contributed by atoms with E-state index in [0.717, 1.165) is 22.1 Å². The van der Waals surface area contributed by atoms with Gasteiger partial charge in [-0.1, -0.05) is 151 Å². The molecule has 4 aromatic rings. The minimum absolute atomic E-state index is 0.00836. The Morgan fingerprint density at radius 3 is 1.98 bits per heavy atom. The van der Waals surface area contributed by atoms with Gasteiger partial charge in [0.2, 0.25) is 0 Å². The van der Waals surface area contributed by atoms with Gasteiger partial charge in [-0.3, -0.25) is 4.79 Å². The number of rotatable bonds is 12. The molecule has 3 saturated heterocycles. The number of hydrogen-bond donors (Lipinski definition) is 0. The number of ketones is 1. The van der Waals surface area contributed by atoms with Crippen molar-refractivity contribution in [3.63, 3.8) is 0 Å². The van der Waals surface area contributed by atoms with E-state index in [4.69, 9.17) is 37.3 Å². The van der Waals surface area contributed by atoms with E-state index in [9.17, 15) is 4.79 Å². The summed E-state index contributed by atoms with van der Waals surface area (Å²) < 4.78 is 54.4. The number of allylic oxidation sites excluding steroid dienone is 1. The standard InChI is InChI=1S/C51H64O9Si/c1-50(2,3)61(51(4,5)6)56-34-49-47(60-61)29-45-41(57-49)23-15-22-40(52)42(58-45)27-46-43(55-32-37-24-25-38-20-13-14-21-39(38)26-37)28-44(54-31-36-18-11-8-12-19-36)48(59-46)33-53-30-35-16-9-7-10-17-35/h7-21,23-26,41-49H,22,27-34H2,1-6H3/b23-15-/t41-,42-,43-,44+,45+,46+,47-,48-,49+/m0/s1. The summed E-state index contributed by atoms with van der Waals surface area (Å²) in [5, 5.41) is 2.00. The molecule has 326 valence electrons. The number of benzene rings is 4. The fourth-order valence-corrected chi connectivity index (χ4v) is 14.7. The van der Waals surface area contributed by atoms with Crippen molar-refractivity contribution >= 4 is 25.1 Å². The van der Waals surface area contributed by atoms with Crippen LogP contribution in [0.2, 0.25) is 10.1 Å². The first-order valence-corrected chi connectivity index (χ1v) is 24.0. The zero-order valence-corrected chi connectivity index (χ0v) is 37.7. The molecule has 0 amide bonds. The van der Waals surface area contributed by atoms with Crippen LogP contribution in [0.3, 0.4) is 0 Å². The zero-order valence-electron chi connectivity index (χ0n) is 36.7. The summed E-state index contributed by atoms with van der Waals surface area (Å²) in [7, 11) is -2.76. The largest absolute Gasteiger partial charge is 0.391 e. The lowest BCUT2D eigenvalue weighted by molar-refractivity contribution is -0.232. The molecule has 0 spiro atoms. The Bertz CT molecular complexity index is 2060. The van der Waals surface area contributed by atoms with Gasteiger partial charge in [0, 0.05) is 35.8 Å². The van der Waals surface area contributed by atoms with Crippen molar-refractivity contribution in [2.75, 3.05) is 13.2 Å². The number of ether oxygens (including phenoxy) is 6. The van der Waals surface area contributed by atoms with Gasteiger partial charge < -0.3 is 37.3 Å². The van der Waals surface area contributed by atoms with Gasteiger partial charge in [0.25, 0.3) is 0 Å². The lowest BCUT2D eigenvalue weighted by Gasteiger charge is -2.56. The summed E-state index contributed by atoms with van der Waals surface area (Å²) in [6, 6.07) is 35.1. The van der Waals surface area contributed by atoms with Crippen LogP contribution in [0.1, 0.15) is 83.9 Å². The van der Waals surface area contributed by atoms with Crippen LogP contribution in [0.5, 0.6) is 0 Å². The summed E-state index contributed by atoms with van der Waals surface area (Å²) in [4.78, 5) is 14.1. The second-order valence-corrected chi connectivity index (χ2v) is 24.0. The molecule has 10 heteroatoms. The van der Waals surface area contributed by atoms with E-state index in [1.807, 2.05) is 48.6 Å². The molecular weight excluding hydrogens is 785 g/mol. The highest BCUT2D eigenvalue weighted by Crippen LogP contribution is 2.55. The number of carbonyl (C=O) groups excluding carboxylic acids is 1. The zero-order chi connectivity index (χ0) is 42.6. The van der Waals surface area contributed by atoms with Crippen LogP contribution in [0.4, 0.5) is 0 Å². The van der Waals surface area contributed by atoms with Gasteiger partial charge in [-0.2, -0.15) is 0 Å². The maximum absolute atomic E-state index is 14.1. The third kappa shape index (κ3) is 10.3. The molecular formula is C51H64O9Si. The van der Waals surface area contributed by atoms with Gasteiger partial charge in [-0.15, -0.1) is 0 Å². The minimum atomic E-state index is -2.76. The lowest BCUT2D eigenvalue weighted by Crippen LogP contribution is -2.67. The quantitative estimate of drug-likeness (QED) is 0.102. The number of carbonyl (C=O) groups is 1. The Labute approximate surface area is 363 Å². The molecule has 0 aromatic heterocycles. The van der Waals surface area contributed by atoms with Crippen molar-refractivity contribution in [1.29, 1.82) is 0 Å². The third-order valence-corrected chi connectivity index (χ3v) is 17.9. The van der Waals surface area contributed by atoms with Crippen molar-refractivity contribution in [1.82, 2.24) is 0 Å². The van der Waals surface area contributed by atoms with Crippen molar-refractivity contribution in [2.45, 2.75) is 152 Å². The van der Waals surface area contributed by atoms with Crippen LogP contribution < -0.4 is 0 Å². The first kappa shape index (κ1) is 44.1. The van der Waals surface area contributed by atoms with E-state index >= 15 is 0 Å². The van der Waals surface area contributed by atoms with E-state index in [2.05, 4.69) is 108 Å². The Morgan fingerprint density at radius 2 is 1.28 bits per heavy atom. The number of fused-ring (bicyclic) bond motifs is 3. The van der Waals surface area contributed by atoms with Gasteiger partial charge in [0.1, 0.15) is 24.4 Å². The highest BCUT2D eigenvalue weighted by molar-refractivity contribution is 6.73. The fourth-order valence-electron chi connectivity index (χ4n) is 9.77. The second-order valence-electron chi connectivity index (χ2n) is 19.3. The average molecular weight is 849 g/mol. The summed E-state index contributed by atoms with van der Waals surface area (Å²) in [5.74, 6) is 0.00836. The van der Waals surface area contributed by atoms with Crippen LogP contribution in [0.15, 0.2) is 115 Å². The highest BCUT2D eigenvalue weighted by Gasteiger charge is 2.63. The Kier molecular flexibility index (Phi) is 13.8. The van der Waals surface area contributed by atoms with Crippen molar-refractivity contribution in [2.24, 2.45) is 0 Å². The molecule has 0 unspecified atom stereocenters. The molecule has 0 aliphatic carbocycles. The molecule has 0 radical (unpaired) electrons. The van der Waals surface area contributed by atoms with E-state index in [1.165, 1.54) is 5.39 Å². The smallest absolute Gasteiger partial charge is 0.349 e. The molecule has 0 bridgehead atoms. The van der Waals surface area contributed by atoms with E-state index in [0.29, 0.717) is 52.3 Å². The fraction of sp³-hybridized carbons (Fsp3) is 0.510. The summed E-state index contributed by atoms with van der Waals surface area (Å²) in [6.45, 7) is 15.4. The molecule has 9 nitrogen and oxygen atoms in total. The van der Waals surface area contributed by atoms with Crippen LogP contribution in [-0.4, -0.2) is 82.5 Å². The molecule has 4 aliphatic heterocycles. The summed E-state index contributed by atoms with van der Waals surface area (Å²) in [6.07, 6.45) is 2.18. The monoisotopic (exact) mass is 848 g/mol. The van der Waals surface area contributed by atoms with Gasteiger partial charge in [-0.25, -0.2) is 0 Å². The molecule has 0 saturated carbocycles. The van der Waals surface area contributed by atoms with E-state index in [1.54, 1.807) is 0 Å². The molecule has 3 fully saturated rings. The van der Waals surface area contributed by atoms with Crippen molar-refractivity contribution in [3.8, 4) is 0 Å². The average Bonchev–Trinajstić information content (AvgIpc) is 3.24. The first-order valence-electron chi connectivity index (χ1n) is 22.2. The van der Waals surface area contributed by atoms with E-state index in [-0.39, 0.29) is 58.9 Å². The van der Waals surface area contributed by atoms with Gasteiger partial charge in [0.05, 0.1) is 63.6 Å².